The van der Waals surface area contributed by atoms with Gasteiger partial charge in [-0.25, -0.2) is 14.4 Å². The molecule has 1 aliphatic carbocycles. The summed E-state index contributed by atoms with van der Waals surface area (Å²) in [5.74, 6) is -0.299. The molecule has 198 valence electrons. The maximum absolute atomic E-state index is 13.7. The van der Waals surface area contributed by atoms with Crippen LogP contribution in [-0.2, 0) is 14.3 Å². The predicted octanol–water partition coefficient (Wildman–Crippen LogP) is 4.08. The Morgan fingerprint density at radius 3 is 2.63 bits per heavy atom. The summed E-state index contributed by atoms with van der Waals surface area (Å²) in [4.78, 5) is 29.4. The Morgan fingerprint density at radius 1 is 1.18 bits per heavy atom. The van der Waals surface area contributed by atoms with Gasteiger partial charge in [-0.05, 0) is 62.9 Å². The van der Waals surface area contributed by atoms with Crippen LogP contribution in [0.2, 0.25) is 0 Å². The standard InChI is InChI=1S/C27H29FN6O4/c1-27(25(35)30-14-12-29)15-36-24(37-16-27)23-33-21(17-7-9-18(28)10-8-17)22(34-23)20-11-13-31-26(32-20)38-19-5-3-2-4-6-19/h7-11,13,19,24H,2-6,14-16H2,1H3,(H,30,35)(H,33,34). The van der Waals surface area contributed by atoms with E-state index >= 15 is 0 Å². The van der Waals surface area contributed by atoms with Crippen molar-refractivity contribution < 1.29 is 23.4 Å². The van der Waals surface area contributed by atoms with Gasteiger partial charge < -0.3 is 24.5 Å². The van der Waals surface area contributed by atoms with Gasteiger partial charge in [0.1, 0.15) is 18.5 Å². The molecule has 3 heterocycles. The van der Waals surface area contributed by atoms with Crippen molar-refractivity contribution >= 4 is 5.91 Å². The fourth-order valence-electron chi connectivity index (χ4n) is 4.61. The van der Waals surface area contributed by atoms with Crippen molar-refractivity contribution in [2.75, 3.05) is 19.8 Å². The van der Waals surface area contributed by atoms with Gasteiger partial charge >= 0.3 is 6.01 Å². The lowest BCUT2D eigenvalue weighted by molar-refractivity contribution is -0.230. The molecule has 11 heteroatoms. The molecule has 5 rings (SSSR count). The summed E-state index contributed by atoms with van der Waals surface area (Å²) in [6.45, 7) is 1.77. The van der Waals surface area contributed by atoms with Crippen LogP contribution in [-0.4, -0.2) is 51.7 Å². The number of nitrogens with one attached hydrogen (secondary N) is 2. The van der Waals surface area contributed by atoms with Crippen molar-refractivity contribution in [3.8, 4) is 34.7 Å². The SMILES string of the molecule is CC1(C(=O)NCC#N)COC(c2nc(-c3ccc(F)cc3)c(-c3ccnc(OC4CCCCC4)n3)[nH]2)OC1. The average Bonchev–Trinajstić information content (AvgIpc) is 3.39. The van der Waals surface area contributed by atoms with Crippen molar-refractivity contribution in [3.63, 3.8) is 0 Å². The molecule has 2 fully saturated rings. The monoisotopic (exact) mass is 520 g/mol. The smallest absolute Gasteiger partial charge is 0.317 e. The summed E-state index contributed by atoms with van der Waals surface area (Å²) in [6.07, 6.45) is 6.30. The second-order valence-corrected chi connectivity index (χ2v) is 9.81. The molecule has 1 aliphatic heterocycles. The van der Waals surface area contributed by atoms with E-state index in [0.29, 0.717) is 34.5 Å². The molecule has 2 aromatic heterocycles. The molecular weight excluding hydrogens is 491 g/mol. The fourth-order valence-corrected chi connectivity index (χ4v) is 4.61. The van der Waals surface area contributed by atoms with E-state index in [1.54, 1.807) is 31.3 Å². The van der Waals surface area contributed by atoms with Crippen LogP contribution in [0.4, 0.5) is 4.39 Å². The third-order valence-electron chi connectivity index (χ3n) is 6.76. The van der Waals surface area contributed by atoms with Crippen LogP contribution in [0.1, 0.15) is 51.1 Å². The third-order valence-corrected chi connectivity index (χ3v) is 6.76. The van der Waals surface area contributed by atoms with Crippen molar-refractivity contribution in [1.82, 2.24) is 25.3 Å². The number of nitriles is 1. The first kappa shape index (κ1) is 25.8. The average molecular weight is 521 g/mol. The maximum atomic E-state index is 13.7. The number of carbonyl (C=O) groups excluding carboxylic acids is 1. The third kappa shape index (κ3) is 5.66. The van der Waals surface area contributed by atoms with E-state index in [4.69, 9.17) is 24.5 Å². The molecule has 2 N–H and O–H groups in total. The number of aromatic amines is 1. The Morgan fingerprint density at radius 2 is 1.92 bits per heavy atom. The second-order valence-electron chi connectivity index (χ2n) is 9.81. The van der Waals surface area contributed by atoms with Gasteiger partial charge in [0.05, 0.1) is 41.8 Å². The Hall–Kier alpha value is -3.88. The van der Waals surface area contributed by atoms with Crippen molar-refractivity contribution in [2.24, 2.45) is 5.41 Å². The number of hydrogen-bond donors (Lipinski definition) is 2. The number of aromatic nitrogens is 4. The molecule has 1 amide bonds. The van der Waals surface area contributed by atoms with E-state index in [9.17, 15) is 9.18 Å². The summed E-state index contributed by atoms with van der Waals surface area (Å²) in [6, 6.07) is 9.93. The van der Waals surface area contributed by atoms with Crippen LogP contribution in [0, 0.1) is 22.6 Å². The van der Waals surface area contributed by atoms with Crippen LogP contribution in [0.25, 0.3) is 22.6 Å². The molecule has 0 radical (unpaired) electrons. The number of halogens is 1. The summed E-state index contributed by atoms with van der Waals surface area (Å²) >= 11 is 0. The Labute approximate surface area is 219 Å². The molecule has 10 nitrogen and oxygen atoms in total. The Kier molecular flexibility index (Phi) is 7.62. The predicted molar refractivity (Wildman–Crippen MR) is 134 cm³/mol. The van der Waals surface area contributed by atoms with Gasteiger partial charge in [0, 0.05) is 11.8 Å². The number of ether oxygens (including phenoxy) is 3. The maximum Gasteiger partial charge on any atom is 0.317 e. The number of carbonyl (C=O) groups is 1. The molecule has 0 atom stereocenters. The number of amides is 1. The number of hydrogen-bond acceptors (Lipinski definition) is 8. The number of H-pyrrole nitrogens is 1. The van der Waals surface area contributed by atoms with Crippen molar-refractivity contribution in [2.45, 2.75) is 51.4 Å². The molecule has 0 unspecified atom stereocenters. The Balaban J connectivity index is 1.42. The summed E-state index contributed by atoms with van der Waals surface area (Å²) < 4.78 is 31.5. The highest BCUT2D eigenvalue weighted by Gasteiger charge is 2.40. The second kappa shape index (κ2) is 11.2. The topological polar surface area (TPSA) is 135 Å². The van der Waals surface area contributed by atoms with E-state index in [-0.39, 0.29) is 37.6 Å². The number of imidazole rings is 1. The van der Waals surface area contributed by atoms with Gasteiger partial charge in [-0.15, -0.1) is 0 Å². The zero-order valence-corrected chi connectivity index (χ0v) is 21.1. The van der Waals surface area contributed by atoms with Crippen molar-refractivity contribution in [3.05, 3.63) is 48.2 Å². The van der Waals surface area contributed by atoms with Crippen LogP contribution in [0.3, 0.4) is 0 Å². The minimum absolute atomic E-state index is 0.0731. The van der Waals surface area contributed by atoms with Gasteiger partial charge in [-0.3, -0.25) is 4.79 Å². The number of nitrogens with zero attached hydrogens (tertiary/aromatic N) is 4. The highest BCUT2D eigenvalue weighted by atomic mass is 19.1. The van der Waals surface area contributed by atoms with Crippen molar-refractivity contribution in [1.29, 1.82) is 5.26 Å². The zero-order valence-electron chi connectivity index (χ0n) is 21.1. The fraction of sp³-hybridized carbons (Fsp3) is 0.444. The Bertz CT molecular complexity index is 1310. The molecule has 38 heavy (non-hydrogen) atoms. The highest BCUT2D eigenvalue weighted by molar-refractivity contribution is 5.82. The van der Waals surface area contributed by atoms with Gasteiger partial charge in [0.2, 0.25) is 12.2 Å². The number of benzene rings is 1. The molecule has 1 aromatic carbocycles. The van der Waals surface area contributed by atoms with Crippen LogP contribution >= 0.6 is 0 Å². The van der Waals surface area contributed by atoms with E-state index in [0.717, 1.165) is 25.7 Å². The van der Waals surface area contributed by atoms with Gasteiger partial charge in [0.15, 0.2) is 5.82 Å². The van der Waals surface area contributed by atoms with Gasteiger partial charge in [0.25, 0.3) is 0 Å². The van der Waals surface area contributed by atoms with E-state index < -0.39 is 11.7 Å². The molecular formula is C27H29FN6O4. The first-order valence-electron chi connectivity index (χ1n) is 12.7. The van der Waals surface area contributed by atoms with E-state index in [1.807, 2.05) is 6.07 Å². The molecule has 1 saturated heterocycles. The summed E-state index contributed by atoms with van der Waals surface area (Å²) in [5, 5.41) is 11.3. The molecule has 3 aromatic rings. The lowest BCUT2D eigenvalue weighted by Crippen LogP contribution is -2.48. The largest absolute Gasteiger partial charge is 0.460 e. The van der Waals surface area contributed by atoms with Crippen LogP contribution in [0.15, 0.2) is 36.5 Å². The first-order chi connectivity index (χ1) is 18.4. The summed E-state index contributed by atoms with van der Waals surface area (Å²) in [7, 11) is 0. The molecule has 1 saturated carbocycles. The lowest BCUT2D eigenvalue weighted by atomic mass is 9.91. The lowest BCUT2D eigenvalue weighted by Gasteiger charge is -2.35. The minimum Gasteiger partial charge on any atom is -0.460 e. The molecule has 2 aliphatic rings. The minimum atomic E-state index is -0.944. The summed E-state index contributed by atoms with van der Waals surface area (Å²) in [5.41, 5.74) is 1.40. The van der Waals surface area contributed by atoms with Gasteiger partial charge in [-0.1, -0.05) is 6.42 Å². The number of rotatable bonds is 7. The van der Waals surface area contributed by atoms with E-state index in [1.165, 1.54) is 18.6 Å². The van der Waals surface area contributed by atoms with Crippen LogP contribution < -0.4 is 10.1 Å². The quantitative estimate of drug-likeness (QED) is 0.445. The molecule has 0 spiro atoms. The van der Waals surface area contributed by atoms with E-state index in [2.05, 4.69) is 20.3 Å². The highest BCUT2D eigenvalue weighted by Crippen LogP contribution is 2.36. The normalized spacial score (nSPS) is 22.0. The molecule has 0 bridgehead atoms. The zero-order chi connectivity index (χ0) is 26.5. The first-order valence-corrected chi connectivity index (χ1v) is 12.7. The van der Waals surface area contributed by atoms with Gasteiger partial charge in [-0.2, -0.15) is 10.2 Å². The van der Waals surface area contributed by atoms with Crippen LogP contribution in [0.5, 0.6) is 6.01 Å².